The molecule has 14 heavy (non-hydrogen) atoms. The molecule has 1 aromatic heterocycles. The number of carbonyl (C=O) groups excluding carboxylic acids is 1. The Balaban J connectivity index is 1.88. The highest BCUT2D eigenvalue weighted by Gasteiger charge is 2.50. The van der Waals surface area contributed by atoms with Crippen molar-refractivity contribution in [2.24, 2.45) is 5.41 Å². The van der Waals surface area contributed by atoms with E-state index in [9.17, 15) is 4.79 Å². The zero-order valence-corrected chi connectivity index (χ0v) is 8.43. The van der Waals surface area contributed by atoms with E-state index < -0.39 is 5.41 Å². The zero-order chi connectivity index (χ0) is 10.0. The van der Waals surface area contributed by atoms with Crippen LogP contribution in [0.3, 0.4) is 0 Å². The van der Waals surface area contributed by atoms with E-state index in [-0.39, 0.29) is 5.91 Å². The molecule has 0 unspecified atom stereocenters. The third kappa shape index (κ3) is 1.64. The number of thiophene rings is 1. The van der Waals surface area contributed by atoms with Gasteiger partial charge in [0, 0.05) is 6.54 Å². The molecule has 0 bridgehead atoms. The van der Waals surface area contributed by atoms with E-state index >= 15 is 0 Å². The van der Waals surface area contributed by atoms with Crippen LogP contribution in [0, 0.1) is 16.7 Å². The summed E-state index contributed by atoms with van der Waals surface area (Å²) < 4.78 is 0. The fraction of sp³-hybridized carbons (Fsp3) is 0.400. The van der Waals surface area contributed by atoms with Crippen molar-refractivity contribution in [3.8, 4) is 6.07 Å². The Kier molecular flexibility index (Phi) is 2.26. The molecule has 0 radical (unpaired) electrons. The van der Waals surface area contributed by atoms with E-state index in [0.717, 1.165) is 5.56 Å². The summed E-state index contributed by atoms with van der Waals surface area (Å²) in [6.45, 7) is 0.533. The molecule has 3 nitrogen and oxygen atoms in total. The van der Waals surface area contributed by atoms with Crippen LogP contribution in [0.25, 0.3) is 0 Å². The second-order valence-corrected chi connectivity index (χ2v) is 4.29. The molecule has 0 aromatic carbocycles. The molecular weight excluding hydrogens is 196 g/mol. The Morgan fingerprint density at radius 2 is 2.50 bits per heavy atom. The standard InChI is InChI=1S/C10H10N2OS/c11-7-10(2-3-10)9(13)12-5-8-1-4-14-6-8/h1,4,6H,2-3,5H2,(H,12,13). The maximum Gasteiger partial charge on any atom is 0.240 e. The molecule has 1 saturated carbocycles. The molecule has 4 heteroatoms. The topological polar surface area (TPSA) is 52.9 Å². The largest absolute Gasteiger partial charge is 0.351 e. The lowest BCUT2D eigenvalue weighted by Gasteiger charge is -2.06. The van der Waals surface area contributed by atoms with Crippen molar-refractivity contribution in [2.75, 3.05) is 0 Å². The number of nitrogens with zero attached hydrogens (tertiary/aromatic N) is 1. The van der Waals surface area contributed by atoms with Gasteiger partial charge in [0.15, 0.2) is 0 Å². The molecule has 1 fully saturated rings. The lowest BCUT2D eigenvalue weighted by molar-refractivity contribution is -0.124. The molecule has 1 N–H and O–H groups in total. The second kappa shape index (κ2) is 3.43. The molecule has 0 atom stereocenters. The fourth-order valence-electron chi connectivity index (χ4n) is 1.26. The highest BCUT2D eigenvalue weighted by Crippen LogP contribution is 2.44. The summed E-state index contributed by atoms with van der Waals surface area (Å²) >= 11 is 1.60. The van der Waals surface area contributed by atoms with Crippen molar-refractivity contribution in [1.29, 1.82) is 5.26 Å². The highest BCUT2D eigenvalue weighted by atomic mass is 32.1. The number of rotatable bonds is 3. The van der Waals surface area contributed by atoms with Gasteiger partial charge in [0.1, 0.15) is 5.41 Å². The highest BCUT2D eigenvalue weighted by molar-refractivity contribution is 7.07. The molecule has 0 spiro atoms. The van der Waals surface area contributed by atoms with Crippen LogP contribution in [-0.2, 0) is 11.3 Å². The summed E-state index contributed by atoms with van der Waals surface area (Å²) in [4.78, 5) is 11.5. The first-order valence-electron chi connectivity index (χ1n) is 4.47. The second-order valence-electron chi connectivity index (χ2n) is 3.51. The van der Waals surface area contributed by atoms with E-state index in [1.807, 2.05) is 16.8 Å². The van der Waals surface area contributed by atoms with Gasteiger partial charge in [0.05, 0.1) is 6.07 Å². The van der Waals surface area contributed by atoms with Crippen LogP contribution in [0.1, 0.15) is 18.4 Å². The third-order valence-corrected chi connectivity index (χ3v) is 3.16. The lowest BCUT2D eigenvalue weighted by Crippen LogP contribution is -2.30. The molecule has 2 rings (SSSR count). The van der Waals surface area contributed by atoms with Gasteiger partial charge in [-0.3, -0.25) is 4.79 Å². The Morgan fingerprint density at radius 3 is 3.00 bits per heavy atom. The quantitative estimate of drug-likeness (QED) is 0.817. The zero-order valence-electron chi connectivity index (χ0n) is 7.62. The van der Waals surface area contributed by atoms with Gasteiger partial charge in [-0.2, -0.15) is 16.6 Å². The summed E-state index contributed by atoms with van der Waals surface area (Å²) in [5, 5.41) is 15.5. The molecule has 1 aromatic rings. The van der Waals surface area contributed by atoms with Gasteiger partial charge in [-0.05, 0) is 35.2 Å². The number of carbonyl (C=O) groups is 1. The third-order valence-electron chi connectivity index (χ3n) is 2.43. The van der Waals surface area contributed by atoms with Crippen LogP contribution in [0.5, 0.6) is 0 Å². The van der Waals surface area contributed by atoms with Gasteiger partial charge in [-0.1, -0.05) is 0 Å². The maximum absolute atomic E-state index is 11.5. The van der Waals surface area contributed by atoms with Crippen LogP contribution in [0.4, 0.5) is 0 Å². The first-order valence-corrected chi connectivity index (χ1v) is 5.42. The maximum atomic E-state index is 11.5. The van der Waals surface area contributed by atoms with E-state index in [2.05, 4.69) is 11.4 Å². The molecule has 0 aliphatic heterocycles. The van der Waals surface area contributed by atoms with E-state index in [0.29, 0.717) is 19.4 Å². The van der Waals surface area contributed by atoms with Crippen LogP contribution >= 0.6 is 11.3 Å². The van der Waals surface area contributed by atoms with Gasteiger partial charge < -0.3 is 5.32 Å². The van der Waals surface area contributed by atoms with Gasteiger partial charge in [-0.25, -0.2) is 0 Å². The van der Waals surface area contributed by atoms with E-state index in [4.69, 9.17) is 5.26 Å². The molecule has 72 valence electrons. The van der Waals surface area contributed by atoms with E-state index in [1.165, 1.54) is 0 Å². The first kappa shape index (κ1) is 9.22. The number of nitriles is 1. The number of hydrogen-bond acceptors (Lipinski definition) is 3. The summed E-state index contributed by atoms with van der Waals surface area (Å²) in [5.41, 5.74) is 0.396. The number of hydrogen-bond donors (Lipinski definition) is 1. The predicted molar refractivity (Wildman–Crippen MR) is 53.4 cm³/mol. The molecule has 1 aliphatic carbocycles. The smallest absolute Gasteiger partial charge is 0.240 e. The summed E-state index contributed by atoms with van der Waals surface area (Å²) in [6, 6.07) is 4.04. The summed E-state index contributed by atoms with van der Waals surface area (Å²) in [6.07, 6.45) is 1.41. The van der Waals surface area contributed by atoms with Crippen LogP contribution in [0.15, 0.2) is 16.8 Å². The number of amides is 1. The normalized spacial score (nSPS) is 17.1. The molecule has 0 saturated heterocycles. The Bertz CT molecular complexity index is 373. The van der Waals surface area contributed by atoms with Crippen molar-refractivity contribution in [3.05, 3.63) is 22.4 Å². The van der Waals surface area contributed by atoms with Gasteiger partial charge in [0.2, 0.25) is 5.91 Å². The predicted octanol–water partition coefficient (Wildman–Crippen LogP) is 1.67. The lowest BCUT2D eigenvalue weighted by atomic mass is 10.1. The van der Waals surface area contributed by atoms with Crippen molar-refractivity contribution in [2.45, 2.75) is 19.4 Å². The minimum absolute atomic E-state index is 0.119. The van der Waals surface area contributed by atoms with Crippen molar-refractivity contribution < 1.29 is 4.79 Å². The van der Waals surface area contributed by atoms with Crippen LogP contribution in [-0.4, -0.2) is 5.91 Å². The SMILES string of the molecule is N#CC1(C(=O)NCc2ccsc2)CC1. The average Bonchev–Trinajstić information content (AvgIpc) is 2.84. The average molecular weight is 206 g/mol. The Labute approximate surface area is 86.4 Å². The van der Waals surface area contributed by atoms with Crippen molar-refractivity contribution in [1.82, 2.24) is 5.32 Å². The van der Waals surface area contributed by atoms with E-state index in [1.54, 1.807) is 11.3 Å². The monoisotopic (exact) mass is 206 g/mol. The fourth-order valence-corrected chi connectivity index (χ4v) is 1.93. The summed E-state index contributed by atoms with van der Waals surface area (Å²) in [7, 11) is 0. The van der Waals surface area contributed by atoms with Crippen LogP contribution in [0.2, 0.25) is 0 Å². The van der Waals surface area contributed by atoms with Crippen molar-refractivity contribution in [3.63, 3.8) is 0 Å². The van der Waals surface area contributed by atoms with Gasteiger partial charge in [-0.15, -0.1) is 0 Å². The van der Waals surface area contributed by atoms with Gasteiger partial charge in [0.25, 0.3) is 0 Å². The Hall–Kier alpha value is -1.34. The summed E-state index contributed by atoms with van der Waals surface area (Å²) in [5.74, 6) is -0.119. The number of nitrogens with one attached hydrogen (secondary N) is 1. The first-order chi connectivity index (χ1) is 6.77. The minimum atomic E-state index is -0.698. The molecular formula is C10H10N2OS. The van der Waals surface area contributed by atoms with Crippen LogP contribution < -0.4 is 5.32 Å². The van der Waals surface area contributed by atoms with Gasteiger partial charge >= 0.3 is 0 Å². The minimum Gasteiger partial charge on any atom is -0.351 e. The van der Waals surface area contributed by atoms with Crippen molar-refractivity contribution >= 4 is 17.2 Å². The molecule has 1 aliphatic rings. The Morgan fingerprint density at radius 1 is 1.71 bits per heavy atom. The molecule has 1 amide bonds. The molecule has 1 heterocycles.